The van der Waals surface area contributed by atoms with Crippen molar-refractivity contribution in [2.45, 2.75) is 62.1 Å². The van der Waals surface area contributed by atoms with E-state index in [0.29, 0.717) is 10.5 Å². The van der Waals surface area contributed by atoms with Crippen LogP contribution in [0.5, 0.6) is 0 Å². The van der Waals surface area contributed by atoms with Crippen LogP contribution in [0.4, 0.5) is 0 Å². The smallest absolute Gasteiger partial charge is 0.0658 e. The standard InChI is InChI=1S/C11H23NOS/c1-9(7-8-12)14-11-6-4-2-3-5-10(11)13/h9-11,13H,2-8,12H2,1H3. The molecular weight excluding hydrogens is 194 g/mol. The molecule has 0 heterocycles. The molecule has 0 aromatic carbocycles. The van der Waals surface area contributed by atoms with Crippen LogP contribution in [-0.4, -0.2) is 28.3 Å². The lowest BCUT2D eigenvalue weighted by molar-refractivity contribution is 0.163. The molecule has 1 saturated carbocycles. The molecule has 14 heavy (non-hydrogen) atoms. The van der Waals surface area contributed by atoms with E-state index >= 15 is 0 Å². The van der Waals surface area contributed by atoms with Crippen molar-refractivity contribution in [2.75, 3.05) is 6.54 Å². The highest BCUT2D eigenvalue weighted by molar-refractivity contribution is 8.00. The molecule has 3 atom stereocenters. The molecule has 0 radical (unpaired) electrons. The maximum atomic E-state index is 9.91. The van der Waals surface area contributed by atoms with Crippen LogP contribution in [0, 0.1) is 0 Å². The third kappa shape index (κ3) is 4.20. The largest absolute Gasteiger partial charge is 0.392 e. The molecule has 1 fully saturated rings. The van der Waals surface area contributed by atoms with Crippen LogP contribution >= 0.6 is 11.8 Å². The molecule has 0 bridgehead atoms. The number of hydrogen-bond acceptors (Lipinski definition) is 3. The molecular formula is C11H23NOS. The lowest BCUT2D eigenvalue weighted by Gasteiger charge is -2.23. The maximum absolute atomic E-state index is 9.91. The number of thioether (sulfide) groups is 1. The minimum atomic E-state index is -0.0808. The molecule has 1 aliphatic rings. The van der Waals surface area contributed by atoms with Crippen LogP contribution < -0.4 is 5.73 Å². The Bertz CT molecular complexity index is 154. The summed E-state index contributed by atoms with van der Waals surface area (Å²) in [6.07, 6.45) is 6.93. The Morgan fingerprint density at radius 3 is 2.79 bits per heavy atom. The Morgan fingerprint density at radius 1 is 1.36 bits per heavy atom. The van der Waals surface area contributed by atoms with Gasteiger partial charge in [0.25, 0.3) is 0 Å². The Hall–Kier alpha value is 0.270. The number of aliphatic hydroxyl groups excluding tert-OH is 1. The first kappa shape index (κ1) is 12.3. The van der Waals surface area contributed by atoms with Gasteiger partial charge in [-0.05, 0) is 25.8 Å². The molecule has 1 aliphatic carbocycles. The quantitative estimate of drug-likeness (QED) is 0.709. The maximum Gasteiger partial charge on any atom is 0.0658 e. The molecule has 3 heteroatoms. The lowest BCUT2D eigenvalue weighted by Crippen LogP contribution is -2.24. The van der Waals surface area contributed by atoms with E-state index in [1.165, 1.54) is 25.7 Å². The molecule has 0 saturated heterocycles. The zero-order chi connectivity index (χ0) is 10.4. The molecule has 3 unspecified atom stereocenters. The zero-order valence-electron chi connectivity index (χ0n) is 9.11. The first-order chi connectivity index (χ1) is 6.74. The van der Waals surface area contributed by atoms with Gasteiger partial charge in [0.05, 0.1) is 6.10 Å². The fraction of sp³-hybridized carbons (Fsp3) is 1.00. The average Bonchev–Trinajstić information content (AvgIpc) is 2.33. The second-order valence-electron chi connectivity index (χ2n) is 4.27. The number of hydrogen-bond donors (Lipinski definition) is 2. The third-order valence-electron chi connectivity index (χ3n) is 2.90. The van der Waals surface area contributed by atoms with Crippen LogP contribution in [0.3, 0.4) is 0 Å². The fourth-order valence-corrected chi connectivity index (χ4v) is 3.50. The van der Waals surface area contributed by atoms with Crippen molar-refractivity contribution < 1.29 is 5.11 Å². The van der Waals surface area contributed by atoms with Crippen molar-refractivity contribution >= 4 is 11.8 Å². The molecule has 0 spiro atoms. The number of nitrogens with two attached hydrogens (primary N) is 1. The van der Waals surface area contributed by atoms with E-state index in [2.05, 4.69) is 6.92 Å². The van der Waals surface area contributed by atoms with E-state index in [9.17, 15) is 5.11 Å². The number of rotatable bonds is 4. The highest BCUT2D eigenvalue weighted by Gasteiger charge is 2.23. The van der Waals surface area contributed by atoms with Gasteiger partial charge in [0.15, 0.2) is 0 Å². The van der Waals surface area contributed by atoms with Crippen LogP contribution in [0.15, 0.2) is 0 Å². The summed E-state index contributed by atoms with van der Waals surface area (Å²) in [5.41, 5.74) is 5.52. The first-order valence-electron chi connectivity index (χ1n) is 5.77. The van der Waals surface area contributed by atoms with Gasteiger partial charge in [-0.15, -0.1) is 0 Å². The predicted molar refractivity (Wildman–Crippen MR) is 63.6 cm³/mol. The van der Waals surface area contributed by atoms with E-state index in [0.717, 1.165) is 19.4 Å². The van der Waals surface area contributed by atoms with Gasteiger partial charge in [0, 0.05) is 10.5 Å². The zero-order valence-corrected chi connectivity index (χ0v) is 9.93. The molecule has 84 valence electrons. The number of aliphatic hydroxyl groups is 1. The normalized spacial score (nSPS) is 31.1. The molecule has 0 amide bonds. The summed E-state index contributed by atoms with van der Waals surface area (Å²) in [5.74, 6) is 0. The van der Waals surface area contributed by atoms with E-state index < -0.39 is 0 Å². The van der Waals surface area contributed by atoms with Gasteiger partial charge in [-0.2, -0.15) is 11.8 Å². The summed E-state index contributed by atoms with van der Waals surface area (Å²) in [7, 11) is 0. The van der Waals surface area contributed by atoms with Gasteiger partial charge in [-0.25, -0.2) is 0 Å². The van der Waals surface area contributed by atoms with Crippen LogP contribution in [-0.2, 0) is 0 Å². The summed E-state index contributed by atoms with van der Waals surface area (Å²) in [4.78, 5) is 0. The fourth-order valence-electron chi connectivity index (χ4n) is 2.01. The predicted octanol–water partition coefficient (Wildman–Crippen LogP) is 2.15. The van der Waals surface area contributed by atoms with Crippen molar-refractivity contribution in [3.05, 3.63) is 0 Å². The van der Waals surface area contributed by atoms with Gasteiger partial charge in [-0.1, -0.05) is 26.2 Å². The second kappa shape index (κ2) is 6.70. The van der Waals surface area contributed by atoms with Crippen molar-refractivity contribution in [1.82, 2.24) is 0 Å². The molecule has 0 aromatic heterocycles. The van der Waals surface area contributed by atoms with E-state index in [1.807, 2.05) is 11.8 Å². The summed E-state index contributed by atoms with van der Waals surface area (Å²) in [6, 6.07) is 0. The summed E-state index contributed by atoms with van der Waals surface area (Å²) < 4.78 is 0. The monoisotopic (exact) mass is 217 g/mol. The van der Waals surface area contributed by atoms with E-state index in [-0.39, 0.29) is 6.10 Å². The third-order valence-corrected chi connectivity index (χ3v) is 4.50. The summed E-state index contributed by atoms with van der Waals surface area (Å²) in [5, 5.41) is 11.0. The van der Waals surface area contributed by atoms with Crippen molar-refractivity contribution in [3.8, 4) is 0 Å². The van der Waals surface area contributed by atoms with Gasteiger partial charge >= 0.3 is 0 Å². The molecule has 0 aromatic rings. The van der Waals surface area contributed by atoms with Gasteiger partial charge in [0.2, 0.25) is 0 Å². The van der Waals surface area contributed by atoms with Crippen molar-refractivity contribution in [1.29, 1.82) is 0 Å². The van der Waals surface area contributed by atoms with Gasteiger partial charge < -0.3 is 10.8 Å². The Kier molecular flexibility index (Phi) is 5.90. The SMILES string of the molecule is CC(CCN)SC1CCCCCC1O. The minimum Gasteiger partial charge on any atom is -0.392 e. The molecule has 0 aliphatic heterocycles. The average molecular weight is 217 g/mol. The summed E-state index contributed by atoms with van der Waals surface area (Å²) in [6.45, 7) is 2.98. The van der Waals surface area contributed by atoms with E-state index in [1.54, 1.807) is 0 Å². The lowest BCUT2D eigenvalue weighted by atomic mass is 10.1. The highest BCUT2D eigenvalue weighted by Crippen LogP contribution is 2.31. The Labute approximate surface area is 91.6 Å². The van der Waals surface area contributed by atoms with E-state index in [4.69, 9.17) is 5.73 Å². The Balaban J connectivity index is 2.32. The van der Waals surface area contributed by atoms with Crippen LogP contribution in [0.2, 0.25) is 0 Å². The molecule has 3 N–H and O–H groups in total. The first-order valence-corrected chi connectivity index (χ1v) is 6.72. The molecule has 2 nitrogen and oxygen atoms in total. The van der Waals surface area contributed by atoms with Crippen molar-refractivity contribution in [3.63, 3.8) is 0 Å². The highest BCUT2D eigenvalue weighted by atomic mass is 32.2. The van der Waals surface area contributed by atoms with Crippen LogP contribution in [0.1, 0.15) is 45.4 Å². The minimum absolute atomic E-state index is 0.0808. The Morgan fingerprint density at radius 2 is 2.07 bits per heavy atom. The van der Waals surface area contributed by atoms with Gasteiger partial charge in [0.1, 0.15) is 0 Å². The molecule has 1 rings (SSSR count). The summed E-state index contributed by atoms with van der Waals surface area (Å²) >= 11 is 1.94. The van der Waals surface area contributed by atoms with Crippen LogP contribution in [0.25, 0.3) is 0 Å². The van der Waals surface area contributed by atoms with Crippen molar-refractivity contribution in [2.24, 2.45) is 5.73 Å². The topological polar surface area (TPSA) is 46.2 Å². The second-order valence-corrected chi connectivity index (χ2v) is 5.95. The van der Waals surface area contributed by atoms with Gasteiger partial charge in [-0.3, -0.25) is 0 Å².